The number of aromatic amines is 1. The van der Waals surface area contributed by atoms with Gasteiger partial charge in [-0.25, -0.2) is 4.79 Å². The van der Waals surface area contributed by atoms with Crippen molar-refractivity contribution in [1.29, 1.82) is 0 Å². The molecule has 166 valence electrons. The molecule has 1 saturated heterocycles. The molecule has 1 fully saturated rings. The van der Waals surface area contributed by atoms with Gasteiger partial charge in [-0.3, -0.25) is 19.1 Å². The molecule has 2 N–H and O–H groups in total. The minimum absolute atomic E-state index is 0.0443. The number of hydrogen-bond donors (Lipinski definition) is 2. The molecule has 2 amide bonds. The molecule has 2 aromatic heterocycles. The first-order chi connectivity index (χ1) is 16.1. The maximum atomic E-state index is 13.1. The number of nitrogens with one attached hydrogen (secondary N) is 2. The number of carbonyl (C=O) groups is 2. The number of amides is 2. The molecule has 1 aliphatic rings. The maximum Gasteiger partial charge on any atom is 0.326 e. The summed E-state index contributed by atoms with van der Waals surface area (Å²) in [5.74, 6) is -0.366. The molecule has 2 aromatic carbocycles. The zero-order chi connectivity index (χ0) is 22.8. The van der Waals surface area contributed by atoms with Gasteiger partial charge in [0.1, 0.15) is 0 Å². The van der Waals surface area contributed by atoms with Crippen LogP contribution in [0.2, 0.25) is 0 Å². The molecule has 33 heavy (non-hydrogen) atoms. The zero-order valence-corrected chi connectivity index (χ0v) is 17.9. The number of anilines is 1. The Bertz CT molecular complexity index is 1370. The van der Waals surface area contributed by atoms with Gasteiger partial charge in [0.25, 0.3) is 11.8 Å². The van der Waals surface area contributed by atoms with E-state index in [4.69, 9.17) is 0 Å². The lowest BCUT2D eigenvalue weighted by Gasteiger charge is -2.32. The van der Waals surface area contributed by atoms with Crippen LogP contribution in [-0.2, 0) is 0 Å². The summed E-state index contributed by atoms with van der Waals surface area (Å²) in [6, 6.07) is 18.0. The van der Waals surface area contributed by atoms with Crippen molar-refractivity contribution in [3.63, 3.8) is 0 Å². The van der Waals surface area contributed by atoms with Gasteiger partial charge in [-0.15, -0.1) is 0 Å². The predicted molar refractivity (Wildman–Crippen MR) is 125 cm³/mol. The van der Waals surface area contributed by atoms with E-state index in [0.29, 0.717) is 42.7 Å². The number of hydrogen-bond acceptors (Lipinski definition) is 4. The molecule has 1 aliphatic heterocycles. The van der Waals surface area contributed by atoms with Gasteiger partial charge in [-0.1, -0.05) is 18.2 Å². The summed E-state index contributed by atoms with van der Waals surface area (Å²) < 4.78 is 1.81. The Hall–Kier alpha value is -4.20. The van der Waals surface area contributed by atoms with Crippen molar-refractivity contribution in [2.75, 3.05) is 18.4 Å². The van der Waals surface area contributed by atoms with E-state index in [9.17, 15) is 14.4 Å². The van der Waals surface area contributed by atoms with Crippen LogP contribution in [0.3, 0.4) is 0 Å². The number of benzene rings is 2. The number of rotatable bonds is 4. The highest BCUT2D eigenvalue weighted by molar-refractivity contribution is 6.05. The highest BCUT2D eigenvalue weighted by Crippen LogP contribution is 2.26. The number of pyridine rings is 1. The van der Waals surface area contributed by atoms with Crippen molar-refractivity contribution in [2.24, 2.45) is 0 Å². The maximum absolute atomic E-state index is 13.1. The van der Waals surface area contributed by atoms with Crippen LogP contribution in [0.4, 0.5) is 5.69 Å². The summed E-state index contributed by atoms with van der Waals surface area (Å²) in [6.45, 7) is 1.11. The molecule has 8 heteroatoms. The minimum Gasteiger partial charge on any atom is -0.338 e. The molecule has 0 radical (unpaired) electrons. The highest BCUT2D eigenvalue weighted by Gasteiger charge is 2.26. The van der Waals surface area contributed by atoms with Gasteiger partial charge in [0.2, 0.25) is 0 Å². The second-order valence-electron chi connectivity index (χ2n) is 8.12. The number of likely N-dealkylation sites (tertiary alicyclic amines) is 1. The van der Waals surface area contributed by atoms with Crippen LogP contribution >= 0.6 is 0 Å². The fourth-order valence-corrected chi connectivity index (χ4v) is 4.38. The third-order valence-corrected chi connectivity index (χ3v) is 6.03. The molecule has 4 aromatic rings. The third kappa shape index (κ3) is 4.15. The molecule has 0 saturated carbocycles. The Kier molecular flexibility index (Phi) is 5.48. The number of nitrogens with zero attached hydrogens (tertiary/aromatic N) is 3. The van der Waals surface area contributed by atoms with Crippen LogP contribution in [0, 0.1) is 0 Å². The number of imidazole rings is 1. The fraction of sp³-hybridized carbons (Fsp3) is 0.200. The summed E-state index contributed by atoms with van der Waals surface area (Å²) in [7, 11) is 0. The van der Waals surface area contributed by atoms with Crippen molar-refractivity contribution >= 4 is 28.5 Å². The van der Waals surface area contributed by atoms with Gasteiger partial charge < -0.3 is 15.2 Å². The molecule has 0 spiro atoms. The summed E-state index contributed by atoms with van der Waals surface area (Å²) in [5, 5.41) is 2.81. The van der Waals surface area contributed by atoms with E-state index in [1.807, 2.05) is 28.8 Å². The number of piperidine rings is 1. The summed E-state index contributed by atoms with van der Waals surface area (Å²) >= 11 is 0. The number of para-hydroxylation sites is 2. The lowest BCUT2D eigenvalue weighted by atomic mass is 10.0. The van der Waals surface area contributed by atoms with E-state index in [-0.39, 0.29) is 23.5 Å². The summed E-state index contributed by atoms with van der Waals surface area (Å²) in [4.78, 5) is 46.7. The Labute approximate surface area is 189 Å². The second kappa shape index (κ2) is 8.74. The SMILES string of the molecule is O=C(Nc1cccc(C(=O)N2CCC(n3c(=O)[nH]c4ccccc43)CC2)c1)c1cccnc1. The molecule has 0 bridgehead atoms. The topological polar surface area (TPSA) is 100 Å². The largest absolute Gasteiger partial charge is 0.338 e. The number of fused-ring (bicyclic) bond motifs is 1. The first kappa shape index (κ1) is 20.7. The van der Waals surface area contributed by atoms with Gasteiger partial charge in [-0.05, 0) is 55.3 Å². The Balaban J connectivity index is 1.26. The predicted octanol–water partition coefficient (Wildman–Crippen LogP) is 3.45. The minimum atomic E-state index is -0.280. The van der Waals surface area contributed by atoms with Gasteiger partial charge in [0, 0.05) is 42.8 Å². The van der Waals surface area contributed by atoms with E-state index in [1.54, 1.807) is 47.5 Å². The van der Waals surface area contributed by atoms with Crippen LogP contribution in [0.1, 0.15) is 39.6 Å². The fourth-order valence-electron chi connectivity index (χ4n) is 4.38. The Morgan fingerprint density at radius 3 is 2.55 bits per heavy atom. The molecule has 0 atom stereocenters. The average Bonchev–Trinajstić information content (AvgIpc) is 3.20. The molecular formula is C25H23N5O3. The first-order valence-electron chi connectivity index (χ1n) is 10.9. The van der Waals surface area contributed by atoms with Crippen molar-refractivity contribution in [3.05, 3.63) is 94.7 Å². The van der Waals surface area contributed by atoms with E-state index in [0.717, 1.165) is 11.0 Å². The van der Waals surface area contributed by atoms with Gasteiger partial charge in [-0.2, -0.15) is 0 Å². The average molecular weight is 441 g/mol. The van der Waals surface area contributed by atoms with Crippen molar-refractivity contribution in [3.8, 4) is 0 Å². The number of aromatic nitrogens is 3. The Morgan fingerprint density at radius 2 is 1.76 bits per heavy atom. The summed E-state index contributed by atoms with van der Waals surface area (Å²) in [5.41, 5.74) is 3.12. The molecule has 0 unspecified atom stereocenters. The van der Waals surface area contributed by atoms with E-state index in [1.165, 1.54) is 6.20 Å². The van der Waals surface area contributed by atoms with E-state index < -0.39 is 0 Å². The van der Waals surface area contributed by atoms with Gasteiger partial charge >= 0.3 is 5.69 Å². The standard InChI is InChI=1S/C25H23N5O3/c31-23(18-6-4-12-26-16-18)27-19-7-3-5-17(15-19)24(32)29-13-10-20(11-14-29)30-22-9-2-1-8-21(22)28-25(30)33/h1-9,12,15-16,20H,10-11,13-14H2,(H,27,31)(H,28,33). The van der Waals surface area contributed by atoms with Crippen LogP contribution in [0.5, 0.6) is 0 Å². The van der Waals surface area contributed by atoms with Crippen LogP contribution in [0.15, 0.2) is 77.9 Å². The van der Waals surface area contributed by atoms with E-state index in [2.05, 4.69) is 15.3 Å². The van der Waals surface area contributed by atoms with Crippen molar-refractivity contribution < 1.29 is 9.59 Å². The first-order valence-corrected chi connectivity index (χ1v) is 10.9. The molecule has 5 rings (SSSR count). The van der Waals surface area contributed by atoms with Crippen LogP contribution in [-0.4, -0.2) is 44.3 Å². The zero-order valence-electron chi connectivity index (χ0n) is 17.9. The molecule has 8 nitrogen and oxygen atoms in total. The molecular weight excluding hydrogens is 418 g/mol. The quantitative estimate of drug-likeness (QED) is 0.507. The molecule has 3 heterocycles. The van der Waals surface area contributed by atoms with E-state index >= 15 is 0 Å². The van der Waals surface area contributed by atoms with Crippen LogP contribution in [0.25, 0.3) is 11.0 Å². The number of carbonyl (C=O) groups excluding carboxylic acids is 2. The smallest absolute Gasteiger partial charge is 0.326 e. The van der Waals surface area contributed by atoms with Crippen molar-refractivity contribution in [2.45, 2.75) is 18.9 Å². The lowest BCUT2D eigenvalue weighted by molar-refractivity contribution is 0.0694. The second-order valence-corrected chi connectivity index (χ2v) is 8.12. The van der Waals surface area contributed by atoms with Crippen molar-refractivity contribution in [1.82, 2.24) is 19.4 Å². The lowest BCUT2D eigenvalue weighted by Crippen LogP contribution is -2.40. The third-order valence-electron chi connectivity index (χ3n) is 6.03. The monoisotopic (exact) mass is 441 g/mol. The number of H-pyrrole nitrogens is 1. The Morgan fingerprint density at radius 1 is 0.970 bits per heavy atom. The molecule has 0 aliphatic carbocycles. The van der Waals surface area contributed by atoms with Gasteiger partial charge in [0.05, 0.1) is 16.6 Å². The summed E-state index contributed by atoms with van der Waals surface area (Å²) in [6.07, 6.45) is 4.50. The normalized spacial score (nSPS) is 14.4. The van der Waals surface area contributed by atoms with Gasteiger partial charge in [0.15, 0.2) is 0 Å². The highest BCUT2D eigenvalue weighted by atomic mass is 16.2. The van der Waals surface area contributed by atoms with Crippen LogP contribution < -0.4 is 11.0 Å².